The fourth-order valence-electron chi connectivity index (χ4n) is 4.44. The van der Waals surface area contributed by atoms with Crippen LogP contribution in [0.2, 0.25) is 0 Å². The van der Waals surface area contributed by atoms with Gasteiger partial charge in [-0.15, -0.1) is 5.10 Å². The van der Waals surface area contributed by atoms with Crippen molar-refractivity contribution in [1.29, 1.82) is 0 Å². The molecule has 3 aromatic rings. The van der Waals surface area contributed by atoms with E-state index in [0.717, 1.165) is 42.0 Å². The lowest BCUT2D eigenvalue weighted by Crippen LogP contribution is -2.47. The molecule has 3 heterocycles. The van der Waals surface area contributed by atoms with Crippen LogP contribution in [0, 0.1) is 6.92 Å². The summed E-state index contributed by atoms with van der Waals surface area (Å²) in [5, 5.41) is 14.7. The Morgan fingerprint density at radius 2 is 2.08 bits per heavy atom. The minimum Gasteiger partial charge on any atom is -0.494 e. The van der Waals surface area contributed by atoms with Gasteiger partial charge in [0, 0.05) is 63.3 Å². The lowest BCUT2D eigenvalue weighted by atomic mass is 10.1. The number of aromatic nitrogens is 4. The van der Waals surface area contributed by atoms with Gasteiger partial charge in [0.1, 0.15) is 11.8 Å². The predicted octanol–water partition coefficient (Wildman–Crippen LogP) is 2.82. The summed E-state index contributed by atoms with van der Waals surface area (Å²) in [5.74, 6) is 0.945. The fraction of sp³-hybridized carbons (Fsp3) is 0.464. The summed E-state index contributed by atoms with van der Waals surface area (Å²) in [7, 11) is 0. The quantitative estimate of drug-likeness (QED) is 0.498. The molecule has 0 aliphatic carbocycles. The maximum Gasteiger partial charge on any atom is 0.252 e. The number of nitrogens with one attached hydrogen (secondary N) is 2. The van der Waals surface area contributed by atoms with Crippen molar-refractivity contribution in [1.82, 2.24) is 35.5 Å². The molecule has 4 rings (SSSR count). The number of carbonyl (C=O) groups is 2. The average molecular weight is 552 g/mol. The summed E-state index contributed by atoms with van der Waals surface area (Å²) in [6, 6.07) is 8.85. The van der Waals surface area contributed by atoms with Crippen molar-refractivity contribution in [2.24, 2.45) is 0 Å². The molecule has 2 N–H and O–H groups in total. The van der Waals surface area contributed by atoms with Crippen LogP contribution in [0.1, 0.15) is 46.4 Å². The van der Waals surface area contributed by atoms with E-state index in [1.807, 2.05) is 48.5 Å². The monoisotopic (exact) mass is 551 g/mol. The molecule has 2 amide bonds. The summed E-state index contributed by atoms with van der Waals surface area (Å²) < 4.78 is 7.77. The van der Waals surface area contributed by atoms with Crippen LogP contribution in [0.15, 0.2) is 48.9 Å². The van der Waals surface area contributed by atoms with E-state index in [1.54, 1.807) is 24.0 Å². The van der Waals surface area contributed by atoms with Gasteiger partial charge in [-0.3, -0.25) is 24.2 Å². The molecule has 39 heavy (non-hydrogen) atoms. The van der Waals surface area contributed by atoms with E-state index in [9.17, 15) is 9.59 Å². The zero-order chi connectivity index (χ0) is 27.5. The second-order valence-electron chi connectivity index (χ2n) is 9.68. The highest BCUT2D eigenvalue weighted by atomic mass is 32.2. The second kappa shape index (κ2) is 14.6. The Morgan fingerprint density at radius 3 is 2.90 bits per heavy atom. The van der Waals surface area contributed by atoms with Gasteiger partial charge >= 0.3 is 0 Å². The molecular weight excluding hydrogens is 514 g/mol. The molecule has 11 heteroatoms. The van der Waals surface area contributed by atoms with Gasteiger partial charge in [0.25, 0.3) is 5.91 Å². The van der Waals surface area contributed by atoms with E-state index in [2.05, 4.69) is 36.9 Å². The van der Waals surface area contributed by atoms with Gasteiger partial charge < -0.3 is 15.4 Å². The Balaban J connectivity index is 1.51. The zero-order valence-electron chi connectivity index (χ0n) is 22.6. The van der Waals surface area contributed by atoms with Crippen molar-refractivity contribution in [3.05, 3.63) is 71.3 Å². The Kier molecular flexibility index (Phi) is 10.7. The van der Waals surface area contributed by atoms with Gasteiger partial charge in [-0.1, -0.05) is 17.3 Å². The molecule has 2 aromatic heterocycles. The van der Waals surface area contributed by atoms with E-state index in [1.165, 1.54) is 0 Å². The molecule has 0 saturated carbocycles. The number of amides is 2. The van der Waals surface area contributed by atoms with Gasteiger partial charge in [0.15, 0.2) is 0 Å². The van der Waals surface area contributed by atoms with Crippen LogP contribution in [-0.2, 0) is 24.4 Å². The average Bonchev–Trinajstić information content (AvgIpc) is 3.39. The first-order chi connectivity index (χ1) is 19.0. The van der Waals surface area contributed by atoms with E-state index < -0.39 is 6.04 Å². The number of aryl methyl sites for hydroxylation is 2. The molecule has 4 bridgehead atoms. The number of hydrogen-bond donors (Lipinski definition) is 2. The molecule has 1 aromatic carbocycles. The van der Waals surface area contributed by atoms with Crippen molar-refractivity contribution < 1.29 is 14.3 Å². The van der Waals surface area contributed by atoms with E-state index in [-0.39, 0.29) is 11.8 Å². The Bertz CT molecular complexity index is 1220. The Morgan fingerprint density at radius 1 is 1.18 bits per heavy atom. The summed E-state index contributed by atoms with van der Waals surface area (Å²) in [6.45, 7) is 5.65. The number of nitrogens with zero attached hydrogens (tertiary/aromatic N) is 5. The summed E-state index contributed by atoms with van der Waals surface area (Å²) in [6.07, 6.45) is 9.65. The molecule has 0 radical (unpaired) electrons. The summed E-state index contributed by atoms with van der Waals surface area (Å²) in [5.41, 5.74) is 3.34. The van der Waals surface area contributed by atoms with E-state index >= 15 is 0 Å². The summed E-state index contributed by atoms with van der Waals surface area (Å²) in [4.78, 5) is 32.8. The van der Waals surface area contributed by atoms with Crippen molar-refractivity contribution in [2.45, 2.75) is 51.9 Å². The number of ether oxygens (including phenoxy) is 1. The second-order valence-corrected chi connectivity index (χ2v) is 10.7. The molecule has 0 unspecified atom stereocenters. The topological polar surface area (TPSA) is 114 Å². The van der Waals surface area contributed by atoms with Gasteiger partial charge in [0.05, 0.1) is 12.3 Å². The molecule has 0 fully saturated rings. The van der Waals surface area contributed by atoms with Crippen LogP contribution >= 0.6 is 11.8 Å². The first-order valence-corrected chi connectivity index (χ1v) is 14.7. The molecular formula is C28H37N7O3S. The SMILES string of the molecule is CSCC[C@@H]1NC(=O)c2cc(ccc2C)OCCCn2cc(nn2)CN(Cc2cccnc2)CCCNC1=O. The molecule has 1 atom stereocenters. The highest BCUT2D eigenvalue weighted by molar-refractivity contribution is 7.98. The highest BCUT2D eigenvalue weighted by Crippen LogP contribution is 2.18. The highest BCUT2D eigenvalue weighted by Gasteiger charge is 2.22. The third-order valence-electron chi connectivity index (χ3n) is 6.54. The molecule has 208 valence electrons. The third kappa shape index (κ3) is 8.79. The standard InChI is InChI=1S/C28H37N7O3S/c1-21-7-8-24-16-25(21)27(36)31-26(9-15-39-2)28(37)30-11-4-12-34(18-22-6-3-10-29-17-22)19-23-20-35(33-32-23)13-5-14-38-24/h3,6-8,10,16-17,20,26H,4-5,9,11-15,18-19H2,1-2H3,(H,30,37)(H,31,36)/t26-/m0/s1. The minimum absolute atomic E-state index is 0.168. The number of rotatable bonds is 5. The van der Waals surface area contributed by atoms with Gasteiger partial charge in [0.2, 0.25) is 5.91 Å². The summed E-state index contributed by atoms with van der Waals surface area (Å²) >= 11 is 1.65. The molecule has 1 aliphatic rings. The molecule has 0 saturated heterocycles. The smallest absolute Gasteiger partial charge is 0.252 e. The lowest BCUT2D eigenvalue weighted by molar-refractivity contribution is -0.123. The van der Waals surface area contributed by atoms with Crippen LogP contribution < -0.4 is 15.4 Å². The number of hydrogen-bond acceptors (Lipinski definition) is 8. The molecule has 10 nitrogen and oxygen atoms in total. The van der Waals surface area contributed by atoms with Crippen LogP contribution in [0.5, 0.6) is 5.75 Å². The van der Waals surface area contributed by atoms with Crippen LogP contribution in [0.25, 0.3) is 0 Å². The fourth-order valence-corrected chi connectivity index (χ4v) is 4.91. The van der Waals surface area contributed by atoms with Crippen LogP contribution in [-0.4, -0.2) is 74.4 Å². The van der Waals surface area contributed by atoms with Crippen molar-refractivity contribution in [3.63, 3.8) is 0 Å². The molecule has 1 aliphatic heterocycles. The largest absolute Gasteiger partial charge is 0.494 e. The number of carbonyl (C=O) groups excluding carboxylic acids is 2. The predicted molar refractivity (Wildman–Crippen MR) is 152 cm³/mol. The van der Waals surface area contributed by atoms with Gasteiger partial charge in [-0.25, -0.2) is 0 Å². The number of pyridine rings is 1. The third-order valence-corrected chi connectivity index (χ3v) is 7.18. The van der Waals surface area contributed by atoms with Gasteiger partial charge in [-0.2, -0.15) is 11.8 Å². The number of thioether (sulfide) groups is 1. The zero-order valence-corrected chi connectivity index (χ0v) is 23.5. The van der Waals surface area contributed by atoms with Crippen molar-refractivity contribution in [3.8, 4) is 5.75 Å². The number of benzene rings is 1. The molecule has 0 spiro atoms. The van der Waals surface area contributed by atoms with Crippen molar-refractivity contribution >= 4 is 23.6 Å². The lowest BCUT2D eigenvalue weighted by Gasteiger charge is -2.22. The van der Waals surface area contributed by atoms with Crippen LogP contribution in [0.3, 0.4) is 0 Å². The first-order valence-electron chi connectivity index (χ1n) is 13.3. The maximum atomic E-state index is 13.2. The van der Waals surface area contributed by atoms with E-state index in [0.29, 0.717) is 50.5 Å². The normalized spacial score (nSPS) is 18.1. The Hall–Kier alpha value is -3.44. The van der Waals surface area contributed by atoms with Crippen LogP contribution in [0.4, 0.5) is 0 Å². The maximum absolute atomic E-state index is 13.2. The Labute approximate surface area is 233 Å². The number of fused-ring (bicyclic) bond motifs is 4. The van der Waals surface area contributed by atoms with Gasteiger partial charge in [-0.05, 0) is 61.1 Å². The first kappa shape index (κ1) is 28.6. The minimum atomic E-state index is -0.610. The van der Waals surface area contributed by atoms with Crippen molar-refractivity contribution in [2.75, 3.05) is 31.7 Å². The van der Waals surface area contributed by atoms with E-state index in [4.69, 9.17) is 4.74 Å².